The number of rotatable bonds is 4. The average molecular weight is 401 g/mol. The van der Waals surface area contributed by atoms with Gasteiger partial charge in [0.2, 0.25) is 10.8 Å². The van der Waals surface area contributed by atoms with Crippen LogP contribution in [0, 0.1) is 5.82 Å². The van der Waals surface area contributed by atoms with E-state index in [0.717, 1.165) is 16.1 Å². The summed E-state index contributed by atoms with van der Waals surface area (Å²) in [6, 6.07) is 20.5. The maximum absolute atomic E-state index is 14.8. The molecule has 0 N–H and O–H groups in total. The van der Waals surface area contributed by atoms with Gasteiger partial charge in [-0.05, 0) is 29.3 Å². The molecule has 1 atom stereocenters. The third-order valence-corrected chi connectivity index (χ3v) is 5.93. The van der Waals surface area contributed by atoms with Gasteiger partial charge in [0.25, 0.3) is 0 Å². The lowest BCUT2D eigenvalue weighted by Gasteiger charge is -2.11. The Balaban J connectivity index is 1.49. The summed E-state index contributed by atoms with van der Waals surface area (Å²) >= 11 is 1.45. The lowest BCUT2D eigenvalue weighted by molar-refractivity contribution is 0.627. The number of benzene rings is 2. The summed E-state index contributed by atoms with van der Waals surface area (Å²) in [5.41, 5.74) is 3.04. The number of pyridine rings is 1. The fraction of sp³-hybridized carbons (Fsp3) is 0.0909. The average Bonchev–Trinajstić information content (AvgIpc) is 3.35. The van der Waals surface area contributed by atoms with Crippen LogP contribution >= 0.6 is 11.3 Å². The molecule has 0 spiro atoms. The van der Waals surface area contributed by atoms with Crippen LogP contribution in [-0.2, 0) is 0 Å². The molecule has 0 aliphatic carbocycles. The predicted octanol–water partition coefficient (Wildman–Crippen LogP) is 5.21. The predicted molar refractivity (Wildman–Crippen MR) is 111 cm³/mol. The molecule has 0 bridgehead atoms. The second-order valence-electron chi connectivity index (χ2n) is 6.70. The molecule has 3 aromatic heterocycles. The lowest BCUT2D eigenvalue weighted by atomic mass is 9.97. The SMILES string of the molecule is CC(c1ccc(-c2ccccc2)c(F)c1)c1nn2c(-c3ccccn3)nnc2s1. The molecular formula is C22H16FN5S. The fourth-order valence-corrected chi connectivity index (χ4v) is 4.17. The summed E-state index contributed by atoms with van der Waals surface area (Å²) in [4.78, 5) is 5.01. The number of halogens is 1. The first-order valence-corrected chi connectivity index (χ1v) is 10.0. The Labute approximate surface area is 170 Å². The lowest BCUT2D eigenvalue weighted by Crippen LogP contribution is -2.00. The molecule has 29 heavy (non-hydrogen) atoms. The topological polar surface area (TPSA) is 56.0 Å². The van der Waals surface area contributed by atoms with Gasteiger partial charge in [0.1, 0.15) is 16.5 Å². The van der Waals surface area contributed by atoms with Crippen LogP contribution in [0.25, 0.3) is 27.6 Å². The van der Waals surface area contributed by atoms with Crippen LogP contribution in [0.1, 0.15) is 23.4 Å². The fourth-order valence-electron chi connectivity index (χ4n) is 3.26. The summed E-state index contributed by atoms with van der Waals surface area (Å²) in [5, 5.41) is 13.9. The van der Waals surface area contributed by atoms with Crippen molar-refractivity contribution in [2.45, 2.75) is 12.8 Å². The van der Waals surface area contributed by atoms with E-state index < -0.39 is 0 Å². The Morgan fingerprint density at radius 2 is 1.79 bits per heavy atom. The highest BCUT2D eigenvalue weighted by Gasteiger charge is 2.20. The van der Waals surface area contributed by atoms with Gasteiger partial charge < -0.3 is 0 Å². The minimum Gasteiger partial charge on any atom is -0.253 e. The molecule has 0 aliphatic heterocycles. The van der Waals surface area contributed by atoms with Crippen molar-refractivity contribution in [3.05, 3.63) is 89.3 Å². The molecule has 0 amide bonds. The van der Waals surface area contributed by atoms with E-state index in [1.165, 1.54) is 11.3 Å². The van der Waals surface area contributed by atoms with E-state index in [1.807, 2.05) is 67.6 Å². The molecule has 0 fully saturated rings. The van der Waals surface area contributed by atoms with Crippen LogP contribution in [-0.4, -0.2) is 24.8 Å². The van der Waals surface area contributed by atoms with Gasteiger partial charge in [0.05, 0.1) is 0 Å². The summed E-state index contributed by atoms with van der Waals surface area (Å²) < 4.78 is 16.5. The van der Waals surface area contributed by atoms with Crippen molar-refractivity contribution in [1.82, 2.24) is 24.8 Å². The zero-order valence-electron chi connectivity index (χ0n) is 15.5. The van der Waals surface area contributed by atoms with Crippen molar-refractivity contribution >= 4 is 16.3 Å². The van der Waals surface area contributed by atoms with Crippen molar-refractivity contribution < 1.29 is 4.39 Å². The quantitative estimate of drug-likeness (QED) is 0.415. The van der Waals surface area contributed by atoms with Crippen molar-refractivity contribution in [1.29, 1.82) is 0 Å². The third-order valence-electron chi connectivity index (χ3n) is 4.85. The van der Waals surface area contributed by atoms with Crippen LogP contribution in [0.5, 0.6) is 0 Å². The number of nitrogens with zero attached hydrogens (tertiary/aromatic N) is 5. The smallest absolute Gasteiger partial charge is 0.235 e. The largest absolute Gasteiger partial charge is 0.253 e. The van der Waals surface area contributed by atoms with Crippen molar-refractivity contribution in [2.75, 3.05) is 0 Å². The highest BCUT2D eigenvalue weighted by atomic mass is 32.1. The number of hydrogen-bond acceptors (Lipinski definition) is 5. The Morgan fingerprint density at radius 3 is 2.55 bits per heavy atom. The minimum absolute atomic E-state index is 0.0717. The highest BCUT2D eigenvalue weighted by Crippen LogP contribution is 2.32. The molecule has 0 aliphatic rings. The molecule has 1 unspecified atom stereocenters. The van der Waals surface area contributed by atoms with Crippen molar-refractivity contribution in [3.63, 3.8) is 0 Å². The van der Waals surface area contributed by atoms with Crippen LogP contribution in [0.3, 0.4) is 0 Å². The Bertz CT molecular complexity index is 1280. The van der Waals surface area contributed by atoms with Gasteiger partial charge in [-0.3, -0.25) is 4.98 Å². The monoisotopic (exact) mass is 401 g/mol. The van der Waals surface area contributed by atoms with Gasteiger partial charge in [-0.15, -0.1) is 10.2 Å². The van der Waals surface area contributed by atoms with E-state index in [4.69, 9.17) is 0 Å². The second-order valence-corrected chi connectivity index (χ2v) is 7.69. The van der Waals surface area contributed by atoms with E-state index in [-0.39, 0.29) is 11.7 Å². The molecule has 5 nitrogen and oxygen atoms in total. The summed E-state index contributed by atoms with van der Waals surface area (Å²) in [7, 11) is 0. The van der Waals surface area contributed by atoms with E-state index in [0.29, 0.717) is 22.0 Å². The van der Waals surface area contributed by atoms with Gasteiger partial charge in [-0.25, -0.2) is 4.39 Å². The first-order chi connectivity index (χ1) is 14.2. The molecule has 5 aromatic rings. The van der Waals surface area contributed by atoms with Crippen LogP contribution in [0.2, 0.25) is 0 Å². The van der Waals surface area contributed by atoms with Gasteiger partial charge in [-0.1, -0.05) is 66.8 Å². The zero-order valence-corrected chi connectivity index (χ0v) is 16.3. The molecule has 7 heteroatoms. The Kier molecular flexibility index (Phi) is 4.37. The number of aromatic nitrogens is 5. The van der Waals surface area contributed by atoms with Crippen LogP contribution in [0.4, 0.5) is 4.39 Å². The molecule has 2 aromatic carbocycles. The van der Waals surface area contributed by atoms with Gasteiger partial charge in [-0.2, -0.15) is 9.61 Å². The maximum Gasteiger partial charge on any atom is 0.235 e. The zero-order chi connectivity index (χ0) is 19.8. The molecule has 142 valence electrons. The summed E-state index contributed by atoms with van der Waals surface area (Å²) in [6.07, 6.45) is 1.71. The first-order valence-electron chi connectivity index (χ1n) is 9.19. The van der Waals surface area contributed by atoms with E-state index in [1.54, 1.807) is 16.8 Å². The minimum atomic E-state index is -0.238. The highest BCUT2D eigenvalue weighted by molar-refractivity contribution is 7.16. The summed E-state index contributed by atoms with van der Waals surface area (Å²) in [6.45, 7) is 2.02. The Hall–Kier alpha value is -3.45. The van der Waals surface area contributed by atoms with Gasteiger partial charge in [0.15, 0.2) is 0 Å². The molecule has 5 rings (SSSR count). The normalized spacial score (nSPS) is 12.3. The molecular weight excluding hydrogens is 385 g/mol. The maximum atomic E-state index is 14.8. The first kappa shape index (κ1) is 17.6. The van der Waals surface area contributed by atoms with Crippen LogP contribution < -0.4 is 0 Å². The molecule has 0 saturated carbocycles. The number of fused-ring (bicyclic) bond motifs is 1. The van der Waals surface area contributed by atoms with Gasteiger partial charge >= 0.3 is 0 Å². The Morgan fingerprint density at radius 1 is 0.966 bits per heavy atom. The molecule has 0 saturated heterocycles. The van der Waals surface area contributed by atoms with Gasteiger partial charge in [0, 0.05) is 17.7 Å². The molecule has 0 radical (unpaired) electrons. The van der Waals surface area contributed by atoms with E-state index >= 15 is 0 Å². The third kappa shape index (κ3) is 3.19. The van der Waals surface area contributed by atoms with E-state index in [9.17, 15) is 4.39 Å². The molecule has 3 heterocycles. The summed E-state index contributed by atoms with van der Waals surface area (Å²) in [5.74, 6) is 0.288. The second kappa shape index (κ2) is 7.18. The van der Waals surface area contributed by atoms with E-state index in [2.05, 4.69) is 20.3 Å². The van der Waals surface area contributed by atoms with Crippen molar-refractivity contribution in [3.8, 4) is 22.6 Å². The number of hydrogen-bond donors (Lipinski definition) is 0. The van der Waals surface area contributed by atoms with Crippen molar-refractivity contribution in [2.24, 2.45) is 0 Å². The standard InChI is InChI=1S/C22H16FN5S/c1-14(16-10-11-17(18(23)13-16)15-7-3-2-4-8-15)21-27-28-20(25-26-22(28)29-21)19-9-5-6-12-24-19/h2-14H,1H3. The van der Waals surface area contributed by atoms with Crippen LogP contribution in [0.15, 0.2) is 72.9 Å².